The van der Waals surface area contributed by atoms with E-state index in [1.54, 1.807) is 4.68 Å². The van der Waals surface area contributed by atoms with Crippen LogP contribution in [0.15, 0.2) is 12.1 Å². The van der Waals surface area contributed by atoms with Crippen molar-refractivity contribution in [2.24, 2.45) is 7.05 Å². The fourth-order valence-corrected chi connectivity index (χ4v) is 3.16. The molecule has 27 heavy (non-hydrogen) atoms. The molecule has 0 atom stereocenters. The number of aryl methyl sites for hydroxylation is 3. The molecule has 7 heteroatoms. The number of pyridine rings is 1. The molecule has 3 heterocycles. The van der Waals surface area contributed by atoms with Crippen LogP contribution in [0, 0.1) is 13.8 Å². The zero-order valence-electron chi connectivity index (χ0n) is 17.4. The van der Waals surface area contributed by atoms with E-state index in [2.05, 4.69) is 50.1 Å². The first-order valence-corrected chi connectivity index (χ1v) is 9.21. The van der Waals surface area contributed by atoms with Crippen LogP contribution in [0.3, 0.4) is 0 Å². The number of anilines is 1. The smallest absolute Gasteiger partial charge is 0.257 e. The van der Waals surface area contributed by atoms with E-state index in [0.29, 0.717) is 11.4 Å². The Morgan fingerprint density at radius 1 is 1.15 bits per heavy atom. The van der Waals surface area contributed by atoms with Gasteiger partial charge in [-0.3, -0.25) is 9.48 Å². The Labute approximate surface area is 159 Å². The van der Waals surface area contributed by atoms with Crippen LogP contribution in [-0.4, -0.2) is 30.5 Å². The summed E-state index contributed by atoms with van der Waals surface area (Å²) in [6.45, 7) is 14.2. The van der Waals surface area contributed by atoms with E-state index >= 15 is 0 Å². The highest BCUT2D eigenvalue weighted by Crippen LogP contribution is 2.29. The highest BCUT2D eigenvalue weighted by Gasteiger charge is 2.25. The van der Waals surface area contributed by atoms with Crippen LogP contribution >= 0.6 is 0 Å². The lowest BCUT2D eigenvalue weighted by Crippen LogP contribution is -2.24. The number of hydrogen-bond donors (Lipinski definition) is 1. The molecule has 0 radical (unpaired) electrons. The maximum Gasteiger partial charge on any atom is 0.257 e. The van der Waals surface area contributed by atoms with Gasteiger partial charge >= 0.3 is 0 Å². The Kier molecular flexibility index (Phi) is 4.57. The summed E-state index contributed by atoms with van der Waals surface area (Å²) >= 11 is 0. The molecule has 0 saturated carbocycles. The van der Waals surface area contributed by atoms with E-state index in [-0.39, 0.29) is 17.4 Å². The first kappa shape index (κ1) is 19.1. The van der Waals surface area contributed by atoms with Crippen molar-refractivity contribution in [3.8, 4) is 0 Å². The first-order chi connectivity index (χ1) is 12.5. The van der Waals surface area contributed by atoms with Gasteiger partial charge in [-0.15, -0.1) is 0 Å². The Balaban J connectivity index is 2.20. The van der Waals surface area contributed by atoms with E-state index in [9.17, 15) is 4.79 Å². The van der Waals surface area contributed by atoms with Gasteiger partial charge in [-0.2, -0.15) is 10.2 Å². The SMILES string of the molecule is Cc1cc(NC(=O)c2cc(C(C)C)nc3c2c(C)nn3C(C)(C)C)n(C)n1. The van der Waals surface area contributed by atoms with Crippen LogP contribution < -0.4 is 5.32 Å². The Morgan fingerprint density at radius 3 is 2.33 bits per heavy atom. The zero-order valence-corrected chi connectivity index (χ0v) is 17.4. The second-order valence-corrected chi connectivity index (χ2v) is 8.36. The lowest BCUT2D eigenvalue weighted by Gasteiger charge is -2.20. The van der Waals surface area contributed by atoms with Gasteiger partial charge in [-0.1, -0.05) is 13.8 Å². The lowest BCUT2D eigenvalue weighted by atomic mass is 10.0. The van der Waals surface area contributed by atoms with Gasteiger partial charge in [-0.25, -0.2) is 9.67 Å². The molecule has 0 bridgehead atoms. The van der Waals surface area contributed by atoms with Crippen LogP contribution in [0.2, 0.25) is 0 Å². The molecular formula is C20H28N6O. The molecule has 7 nitrogen and oxygen atoms in total. The lowest BCUT2D eigenvalue weighted by molar-refractivity contribution is 0.102. The molecule has 0 saturated heterocycles. The monoisotopic (exact) mass is 368 g/mol. The third kappa shape index (κ3) is 3.46. The third-order valence-electron chi connectivity index (χ3n) is 4.55. The Morgan fingerprint density at radius 2 is 1.81 bits per heavy atom. The summed E-state index contributed by atoms with van der Waals surface area (Å²) < 4.78 is 3.58. The van der Waals surface area contributed by atoms with Crippen molar-refractivity contribution in [3.63, 3.8) is 0 Å². The number of rotatable bonds is 3. The van der Waals surface area contributed by atoms with E-state index < -0.39 is 0 Å². The minimum absolute atomic E-state index is 0.177. The number of aromatic nitrogens is 5. The highest BCUT2D eigenvalue weighted by atomic mass is 16.1. The molecule has 0 aliphatic carbocycles. The fraction of sp³-hybridized carbons (Fsp3) is 0.500. The van der Waals surface area contributed by atoms with Gasteiger partial charge in [0.2, 0.25) is 0 Å². The van der Waals surface area contributed by atoms with Gasteiger partial charge in [0.15, 0.2) is 5.65 Å². The average Bonchev–Trinajstić information content (AvgIpc) is 3.05. The Bertz CT molecular complexity index is 1020. The van der Waals surface area contributed by atoms with Crippen LogP contribution in [0.4, 0.5) is 5.82 Å². The largest absolute Gasteiger partial charge is 0.307 e. The van der Waals surface area contributed by atoms with Crippen LogP contribution in [0.1, 0.15) is 68.0 Å². The van der Waals surface area contributed by atoms with E-state index in [0.717, 1.165) is 28.1 Å². The van der Waals surface area contributed by atoms with Crippen molar-refractivity contribution in [1.82, 2.24) is 24.5 Å². The quantitative estimate of drug-likeness (QED) is 0.760. The second kappa shape index (κ2) is 6.48. The molecule has 144 valence electrons. The number of carbonyl (C=O) groups excluding carboxylic acids is 1. The second-order valence-electron chi connectivity index (χ2n) is 8.36. The number of fused-ring (bicyclic) bond motifs is 1. The molecule has 1 amide bonds. The molecule has 1 N–H and O–H groups in total. The van der Waals surface area contributed by atoms with Crippen molar-refractivity contribution >= 4 is 22.8 Å². The summed E-state index contributed by atoms with van der Waals surface area (Å²) in [6, 6.07) is 3.73. The van der Waals surface area contributed by atoms with Gasteiger partial charge in [0.25, 0.3) is 5.91 Å². The van der Waals surface area contributed by atoms with Crippen LogP contribution in [-0.2, 0) is 12.6 Å². The zero-order chi connectivity index (χ0) is 20.1. The minimum Gasteiger partial charge on any atom is -0.307 e. The van der Waals surface area contributed by atoms with E-state index in [4.69, 9.17) is 4.98 Å². The van der Waals surface area contributed by atoms with Crippen molar-refractivity contribution in [2.45, 2.75) is 59.9 Å². The van der Waals surface area contributed by atoms with Gasteiger partial charge in [-0.05, 0) is 46.6 Å². The van der Waals surface area contributed by atoms with Crippen molar-refractivity contribution in [2.75, 3.05) is 5.32 Å². The Hall–Kier alpha value is -2.70. The topological polar surface area (TPSA) is 77.6 Å². The summed E-state index contributed by atoms with van der Waals surface area (Å²) in [5.41, 5.74) is 3.64. The number of nitrogens with zero attached hydrogens (tertiary/aromatic N) is 5. The molecule has 3 aromatic heterocycles. The molecule has 3 aromatic rings. The summed E-state index contributed by atoms with van der Waals surface area (Å²) in [5.74, 6) is 0.682. The van der Waals surface area contributed by atoms with Gasteiger partial charge in [0.1, 0.15) is 5.82 Å². The van der Waals surface area contributed by atoms with Crippen LogP contribution in [0.25, 0.3) is 11.0 Å². The minimum atomic E-state index is -0.234. The fourth-order valence-electron chi connectivity index (χ4n) is 3.16. The van der Waals surface area contributed by atoms with Gasteiger partial charge in [0.05, 0.1) is 27.9 Å². The molecule has 3 rings (SSSR count). The van der Waals surface area contributed by atoms with Crippen molar-refractivity contribution in [3.05, 3.63) is 34.8 Å². The van der Waals surface area contributed by atoms with Crippen molar-refractivity contribution in [1.29, 1.82) is 0 Å². The predicted octanol–water partition coefficient (Wildman–Crippen LogP) is 3.91. The van der Waals surface area contributed by atoms with E-state index in [1.165, 1.54) is 0 Å². The van der Waals surface area contributed by atoms with Gasteiger partial charge in [0, 0.05) is 18.8 Å². The standard InChI is InChI=1S/C20H28N6O/c1-11(2)15-10-14(19(27)22-16-9-12(3)23-25(16)8)17-13(4)24-26(18(17)21-15)20(5,6)7/h9-11H,1-8H3,(H,22,27). The van der Waals surface area contributed by atoms with Crippen LogP contribution in [0.5, 0.6) is 0 Å². The average molecular weight is 368 g/mol. The number of hydrogen-bond acceptors (Lipinski definition) is 4. The summed E-state index contributed by atoms with van der Waals surface area (Å²) in [7, 11) is 1.81. The summed E-state index contributed by atoms with van der Waals surface area (Å²) in [6.07, 6.45) is 0. The summed E-state index contributed by atoms with van der Waals surface area (Å²) in [4.78, 5) is 18.0. The molecule has 0 unspecified atom stereocenters. The molecule has 0 aliphatic rings. The number of amides is 1. The van der Waals surface area contributed by atoms with Crippen molar-refractivity contribution < 1.29 is 4.79 Å². The van der Waals surface area contributed by atoms with Gasteiger partial charge < -0.3 is 5.32 Å². The van der Waals surface area contributed by atoms with E-state index in [1.807, 2.05) is 37.7 Å². The normalized spacial score (nSPS) is 12.2. The summed E-state index contributed by atoms with van der Waals surface area (Å²) in [5, 5.41) is 12.8. The highest BCUT2D eigenvalue weighted by molar-refractivity contribution is 6.12. The number of carbonyl (C=O) groups is 1. The number of nitrogens with one attached hydrogen (secondary N) is 1. The molecule has 0 aliphatic heterocycles. The molecule has 0 spiro atoms. The predicted molar refractivity (Wildman–Crippen MR) is 107 cm³/mol. The maximum absolute atomic E-state index is 13.2. The molecule has 0 aromatic carbocycles. The molecular weight excluding hydrogens is 340 g/mol. The third-order valence-corrected chi connectivity index (χ3v) is 4.55. The first-order valence-electron chi connectivity index (χ1n) is 9.21. The molecule has 0 fully saturated rings. The maximum atomic E-state index is 13.2.